The van der Waals surface area contributed by atoms with Gasteiger partial charge in [0.15, 0.2) is 6.27 Å². The number of ether oxygens (including phenoxy) is 2. The van der Waals surface area contributed by atoms with Crippen LogP contribution in [-0.2, 0) is 25.9 Å². The molecule has 0 aliphatic carbocycles. The zero-order chi connectivity index (χ0) is 40.6. The van der Waals surface area contributed by atoms with Crippen molar-refractivity contribution >= 4 is 21.8 Å². The summed E-state index contributed by atoms with van der Waals surface area (Å²) in [5.41, 5.74) is 5.51. The number of carbonyl (C=O) groups is 1. The van der Waals surface area contributed by atoms with Crippen molar-refractivity contribution in [3.05, 3.63) is 60.2 Å². The third kappa shape index (κ3) is 6.29. The Bertz CT molecular complexity index is 1770. The number of carboxylic acid groups (broad SMARTS) is 1. The van der Waals surface area contributed by atoms with Crippen LogP contribution in [0.1, 0.15) is 46.2 Å². The highest BCUT2D eigenvalue weighted by Crippen LogP contribution is 2.36. The van der Waals surface area contributed by atoms with Gasteiger partial charge in [-0.15, -0.1) is 0 Å². The number of nitrogens with zero attached hydrogens (tertiary/aromatic N) is 2. The van der Waals surface area contributed by atoms with Gasteiger partial charge in [-0.05, 0) is 48.6 Å². The molecule has 4 N–H and O–H groups in total. The number of nitrogen functional groups attached to an aromatic ring is 1. The number of hydrogen-bond acceptors (Lipinski definition) is 7. The zero-order valence-electron chi connectivity index (χ0n) is 34.9. The SMILES string of the molecule is [2H]C1O[C@@]2([2H])OCC[C@@]2([2H])C1N(C(=O)O)[C@@]([2H])(Cc1ccccc1)[C@]([2H])(O)[C@H]([2H])N(C([2H])([2H])C([2H])(C([2H])([2H])[2H])C([2H])([2H])[2H])S(=O)(=O)c1ccc(N)cc1. The Labute approximate surface area is 245 Å². The van der Waals surface area contributed by atoms with Crippen LogP contribution >= 0.6 is 0 Å². The van der Waals surface area contributed by atoms with Crippen LogP contribution in [-0.4, -0.2) is 84.5 Å². The molecule has 2 aromatic rings. The second kappa shape index (κ2) is 12.0. The third-order valence-corrected chi connectivity index (χ3v) is 7.29. The first-order chi connectivity index (χ1) is 23.9. The first-order valence-corrected chi connectivity index (χ1v) is 12.7. The van der Waals surface area contributed by atoms with E-state index in [1.54, 1.807) is 0 Å². The highest BCUT2D eigenvalue weighted by Gasteiger charge is 2.49. The van der Waals surface area contributed by atoms with Gasteiger partial charge in [0, 0.05) is 39.7 Å². The maximum Gasteiger partial charge on any atom is 0.407 e. The molecule has 38 heavy (non-hydrogen) atoms. The molecule has 11 heteroatoms. The van der Waals surface area contributed by atoms with Crippen molar-refractivity contribution in [1.29, 1.82) is 0 Å². The van der Waals surface area contributed by atoms with Gasteiger partial charge in [-0.1, -0.05) is 44.0 Å². The summed E-state index contributed by atoms with van der Waals surface area (Å²) in [5.74, 6) is -7.06. The number of sulfonamides is 1. The van der Waals surface area contributed by atoms with E-state index in [1.807, 2.05) is 0 Å². The molecular formula is C27H37N3O7S. The minimum Gasteiger partial charge on any atom is -0.465 e. The highest BCUT2D eigenvalue weighted by atomic mass is 32.2. The molecule has 208 valence electrons. The number of fused-ring (bicyclic) bond motifs is 1. The van der Waals surface area contributed by atoms with Crippen LogP contribution in [0.15, 0.2) is 59.5 Å². The van der Waals surface area contributed by atoms with Gasteiger partial charge in [0.2, 0.25) is 10.0 Å². The smallest absolute Gasteiger partial charge is 0.407 e. The standard InChI is InChI=1S/C27H37N3O7S/c1-18(2)15-29(38(34,35)21-10-8-20(28)9-11-21)16-25(31)23(14-19-6-4-3-5-7-19)30(27(32)33)24-17-37-26-22(24)12-13-36-26/h3-11,18,22-26,31H,12-17,28H2,1-2H3,(H,32,33)/t22-,23-,24?,25+,26+/m0/s1/i1D3,2D3,15D2,16D,17D,18D,22D,23D,25D,26D/t16-,17?,22-,23-,24?,25+,26+. The number of amides is 1. The summed E-state index contributed by atoms with van der Waals surface area (Å²) in [7, 11) is -5.89. The fraction of sp³-hybridized carbons (Fsp3) is 0.519. The van der Waals surface area contributed by atoms with Gasteiger partial charge in [0.05, 0.1) is 41.7 Å². The largest absolute Gasteiger partial charge is 0.465 e. The summed E-state index contributed by atoms with van der Waals surface area (Å²) in [5, 5.41) is 22.9. The molecule has 10 nitrogen and oxygen atoms in total. The van der Waals surface area contributed by atoms with E-state index in [1.165, 1.54) is 30.3 Å². The van der Waals surface area contributed by atoms with E-state index in [9.17, 15) is 26.2 Å². The van der Waals surface area contributed by atoms with E-state index < -0.39 is 108 Å². The Kier molecular flexibility index (Phi) is 4.62. The summed E-state index contributed by atoms with van der Waals surface area (Å²) in [6.07, 6.45) is -11.0. The highest BCUT2D eigenvalue weighted by molar-refractivity contribution is 7.89. The van der Waals surface area contributed by atoms with Crippen LogP contribution < -0.4 is 5.73 Å². The van der Waals surface area contributed by atoms with Crippen molar-refractivity contribution in [3.63, 3.8) is 0 Å². The van der Waals surface area contributed by atoms with Crippen LogP contribution in [0.25, 0.3) is 0 Å². The number of hydrogen-bond donors (Lipinski definition) is 3. The molecule has 2 unspecified atom stereocenters. The summed E-state index contributed by atoms with van der Waals surface area (Å²) >= 11 is 0. The van der Waals surface area contributed by atoms with Gasteiger partial charge in [-0.3, -0.25) is 4.90 Å². The van der Waals surface area contributed by atoms with Gasteiger partial charge >= 0.3 is 6.09 Å². The Morgan fingerprint density at radius 2 is 1.97 bits per heavy atom. The normalized spacial score (nSPS) is 38.3. The lowest BCUT2D eigenvalue weighted by atomic mass is 9.93. The maximum atomic E-state index is 14.4. The van der Waals surface area contributed by atoms with Gasteiger partial charge in [0.1, 0.15) is 0 Å². The van der Waals surface area contributed by atoms with Crippen molar-refractivity contribution in [2.24, 2.45) is 11.8 Å². The van der Waals surface area contributed by atoms with Crippen molar-refractivity contribution in [2.75, 3.05) is 31.9 Å². The Balaban J connectivity index is 2.09. The predicted octanol–water partition coefficient (Wildman–Crippen LogP) is 2.63. The predicted molar refractivity (Wildman–Crippen MR) is 142 cm³/mol. The molecule has 0 spiro atoms. The van der Waals surface area contributed by atoms with Crippen molar-refractivity contribution < 1.29 is 53.5 Å². The first kappa shape index (κ1) is 14.6. The number of anilines is 1. The van der Waals surface area contributed by atoms with Crippen molar-refractivity contribution in [1.82, 2.24) is 9.21 Å². The molecule has 0 bridgehead atoms. The minimum atomic E-state index is -5.89. The van der Waals surface area contributed by atoms with E-state index in [4.69, 9.17) is 33.0 Å². The van der Waals surface area contributed by atoms with Crippen molar-refractivity contribution in [2.45, 2.75) is 55.8 Å². The average molecular weight is 563 g/mol. The number of benzene rings is 2. The monoisotopic (exact) mass is 562 g/mol. The second-order valence-corrected chi connectivity index (χ2v) is 10.1. The number of rotatable bonds is 11. The Hall–Kier alpha value is -2.70. The van der Waals surface area contributed by atoms with Gasteiger partial charge in [0.25, 0.3) is 0 Å². The van der Waals surface area contributed by atoms with E-state index in [2.05, 4.69) is 0 Å². The molecule has 2 aliphatic rings. The molecule has 0 saturated carbocycles. The quantitative estimate of drug-likeness (QED) is 0.355. The Morgan fingerprint density at radius 3 is 2.63 bits per heavy atom. The lowest BCUT2D eigenvalue weighted by molar-refractivity contribution is -0.0906. The van der Waals surface area contributed by atoms with Crippen LogP contribution in [0.4, 0.5) is 10.5 Å². The molecule has 2 heterocycles. The molecule has 4 rings (SSSR count). The fourth-order valence-electron chi connectivity index (χ4n) is 3.95. The molecule has 0 aromatic heterocycles. The first-order valence-electron chi connectivity index (χ1n) is 18.9. The molecule has 0 radical (unpaired) electrons. The minimum absolute atomic E-state index is 0.0581. The fourth-order valence-corrected chi connectivity index (χ4v) is 5.11. The molecule has 1 amide bonds. The Morgan fingerprint density at radius 1 is 1.26 bits per heavy atom. The third-order valence-electron chi connectivity index (χ3n) is 5.71. The van der Waals surface area contributed by atoms with Crippen LogP contribution in [0, 0.1) is 11.8 Å². The van der Waals surface area contributed by atoms with Gasteiger partial charge in [-0.2, -0.15) is 4.31 Å². The van der Waals surface area contributed by atoms with Gasteiger partial charge in [-0.25, -0.2) is 13.2 Å². The number of nitrogens with two attached hydrogens (primary N) is 1. The lowest BCUT2D eigenvalue weighted by Gasteiger charge is -2.39. The molecule has 7 atom stereocenters. The summed E-state index contributed by atoms with van der Waals surface area (Å²) < 4.78 is 166. The van der Waals surface area contributed by atoms with Crippen LogP contribution in [0.3, 0.4) is 0 Å². The van der Waals surface area contributed by atoms with Gasteiger partial charge < -0.3 is 25.4 Å². The van der Waals surface area contributed by atoms with E-state index in [-0.39, 0.29) is 22.8 Å². The molecular weight excluding hydrogens is 510 g/mol. The van der Waals surface area contributed by atoms with E-state index in [0.29, 0.717) is 0 Å². The zero-order valence-corrected chi connectivity index (χ0v) is 20.7. The van der Waals surface area contributed by atoms with E-state index >= 15 is 0 Å². The lowest BCUT2D eigenvalue weighted by Crippen LogP contribution is -2.57. The van der Waals surface area contributed by atoms with E-state index in [0.717, 1.165) is 24.3 Å². The number of aliphatic hydroxyl groups is 1. The van der Waals surface area contributed by atoms with Crippen molar-refractivity contribution in [3.8, 4) is 0 Å². The molecule has 2 fully saturated rings. The summed E-state index contributed by atoms with van der Waals surface area (Å²) in [4.78, 5) is 12.1. The molecule has 2 aromatic carbocycles. The van der Waals surface area contributed by atoms with Crippen LogP contribution in [0.2, 0.25) is 0 Å². The maximum absolute atomic E-state index is 14.4. The molecule has 2 saturated heterocycles. The summed E-state index contributed by atoms with van der Waals surface area (Å²) in [6, 6.07) is 4.07. The van der Waals surface area contributed by atoms with Crippen LogP contribution in [0.5, 0.6) is 0 Å². The molecule has 2 aliphatic heterocycles. The topological polar surface area (TPSA) is 143 Å². The second-order valence-electron chi connectivity index (χ2n) is 8.24. The average Bonchev–Trinajstić information content (AvgIpc) is 3.40. The summed E-state index contributed by atoms with van der Waals surface area (Å²) in [6.45, 7) is -19.3.